The van der Waals surface area contributed by atoms with E-state index in [0.717, 1.165) is 11.0 Å². The van der Waals surface area contributed by atoms with Gasteiger partial charge in [0.25, 0.3) is 0 Å². The van der Waals surface area contributed by atoms with Gasteiger partial charge >= 0.3 is 0 Å². The number of hydrogen-bond acceptors (Lipinski definition) is 3. The van der Waals surface area contributed by atoms with Crippen molar-refractivity contribution in [2.45, 2.75) is 0 Å². The number of aromatic nitrogens is 3. The van der Waals surface area contributed by atoms with Gasteiger partial charge in [-0.3, -0.25) is 0 Å². The van der Waals surface area contributed by atoms with Gasteiger partial charge < -0.3 is 11.1 Å². The molecule has 0 atom stereocenters. The third kappa shape index (κ3) is 0.844. The van der Waals surface area contributed by atoms with E-state index < -0.39 is 0 Å². The number of nitrogens with zero attached hydrogens (tertiary/aromatic N) is 2. The van der Waals surface area contributed by atoms with E-state index >= 15 is 0 Å². The van der Waals surface area contributed by atoms with Crippen LogP contribution in [0.25, 0.3) is 11.0 Å². The number of fused-ring (bicyclic) bond motifs is 1. The molecule has 0 radical (unpaired) electrons. The largest absolute Gasteiger partial charge is 0.359 e. The molecule has 2 aromatic rings. The van der Waals surface area contributed by atoms with Crippen LogP contribution in [-0.2, 0) is 0 Å². The average Bonchev–Trinajstić information content (AvgIpc) is 2.33. The summed E-state index contributed by atoms with van der Waals surface area (Å²) in [6.45, 7) is 0. The maximum atomic E-state index is 4.00. The molecular formula is C6H8N4. The summed E-state index contributed by atoms with van der Waals surface area (Å²) in [4.78, 5) is 10.8. The lowest BCUT2D eigenvalue weighted by atomic mass is 10.5. The fourth-order valence-corrected chi connectivity index (χ4v) is 0.793. The molecule has 0 aliphatic rings. The van der Waals surface area contributed by atoms with Crippen molar-refractivity contribution in [3.05, 3.63) is 24.8 Å². The van der Waals surface area contributed by atoms with Crippen LogP contribution in [-0.4, -0.2) is 15.0 Å². The first-order chi connectivity index (χ1) is 4.47. The minimum atomic E-state index is 0. The molecule has 10 heavy (non-hydrogen) atoms. The molecule has 4 heteroatoms. The minimum Gasteiger partial charge on any atom is -0.359 e. The Morgan fingerprint density at radius 3 is 3.10 bits per heavy atom. The summed E-state index contributed by atoms with van der Waals surface area (Å²) in [5.74, 6) is 0. The Morgan fingerprint density at radius 2 is 2.30 bits per heavy atom. The smallest absolute Gasteiger partial charge is 0.116 e. The molecule has 52 valence electrons. The molecule has 2 aromatic heterocycles. The monoisotopic (exact) mass is 136 g/mol. The van der Waals surface area contributed by atoms with E-state index in [4.69, 9.17) is 0 Å². The van der Waals surface area contributed by atoms with Crippen LogP contribution in [0, 0.1) is 0 Å². The van der Waals surface area contributed by atoms with Crippen molar-refractivity contribution in [3.8, 4) is 0 Å². The van der Waals surface area contributed by atoms with E-state index in [1.807, 2.05) is 12.3 Å². The van der Waals surface area contributed by atoms with E-state index in [0.29, 0.717) is 0 Å². The van der Waals surface area contributed by atoms with E-state index in [2.05, 4.69) is 15.0 Å². The molecule has 0 saturated carbocycles. The molecule has 0 saturated heterocycles. The van der Waals surface area contributed by atoms with Crippen molar-refractivity contribution in [3.63, 3.8) is 0 Å². The molecule has 0 spiro atoms. The zero-order valence-electron chi connectivity index (χ0n) is 5.41. The molecule has 0 bridgehead atoms. The summed E-state index contributed by atoms with van der Waals surface area (Å²) in [5, 5.41) is 0. The summed E-state index contributed by atoms with van der Waals surface area (Å²) in [6, 6.07) is 1.91. The summed E-state index contributed by atoms with van der Waals surface area (Å²) < 4.78 is 0. The molecular weight excluding hydrogens is 128 g/mol. The lowest BCUT2D eigenvalue weighted by molar-refractivity contribution is 1.22. The highest BCUT2D eigenvalue weighted by atomic mass is 14.9. The third-order valence-electron chi connectivity index (χ3n) is 1.22. The van der Waals surface area contributed by atoms with Gasteiger partial charge in [-0.25, -0.2) is 9.97 Å². The molecule has 0 aliphatic heterocycles. The van der Waals surface area contributed by atoms with Gasteiger partial charge in [-0.05, 0) is 6.07 Å². The van der Waals surface area contributed by atoms with Crippen molar-refractivity contribution in [1.82, 2.24) is 21.1 Å². The second-order valence-corrected chi connectivity index (χ2v) is 1.80. The van der Waals surface area contributed by atoms with E-state index in [9.17, 15) is 0 Å². The fraction of sp³-hybridized carbons (Fsp3) is 0. The van der Waals surface area contributed by atoms with Crippen LogP contribution in [0.3, 0.4) is 0 Å². The van der Waals surface area contributed by atoms with E-state index in [-0.39, 0.29) is 6.15 Å². The topological polar surface area (TPSA) is 76.6 Å². The van der Waals surface area contributed by atoms with Crippen LogP contribution in [0.5, 0.6) is 0 Å². The predicted molar refractivity (Wildman–Crippen MR) is 38.9 cm³/mol. The van der Waals surface area contributed by atoms with Gasteiger partial charge in [-0.1, -0.05) is 0 Å². The van der Waals surface area contributed by atoms with Crippen LogP contribution in [0.4, 0.5) is 0 Å². The Bertz CT molecular complexity index is 284. The number of nitrogens with one attached hydrogen (secondary N) is 1. The summed E-state index contributed by atoms with van der Waals surface area (Å²) in [6.07, 6.45) is 5.14. The highest BCUT2D eigenvalue weighted by molar-refractivity contribution is 5.72. The van der Waals surface area contributed by atoms with E-state index in [1.54, 1.807) is 6.20 Å². The van der Waals surface area contributed by atoms with E-state index in [1.165, 1.54) is 6.33 Å². The first-order valence-corrected chi connectivity index (χ1v) is 2.70. The Kier molecular flexibility index (Phi) is 1.64. The van der Waals surface area contributed by atoms with Gasteiger partial charge in [0.2, 0.25) is 0 Å². The summed E-state index contributed by atoms with van der Waals surface area (Å²) in [5.41, 5.74) is 1.95. The molecule has 0 amide bonds. The first kappa shape index (κ1) is 6.70. The van der Waals surface area contributed by atoms with Gasteiger partial charge in [0.1, 0.15) is 6.33 Å². The quantitative estimate of drug-likeness (QED) is 0.569. The highest BCUT2D eigenvalue weighted by Crippen LogP contribution is 2.03. The van der Waals surface area contributed by atoms with Gasteiger partial charge in [0.05, 0.1) is 17.2 Å². The minimum absolute atomic E-state index is 0. The highest BCUT2D eigenvalue weighted by Gasteiger charge is 1.89. The lowest BCUT2D eigenvalue weighted by Gasteiger charge is -1.82. The van der Waals surface area contributed by atoms with Gasteiger partial charge in [0, 0.05) is 6.20 Å². The Labute approximate surface area is 57.9 Å². The molecule has 4 N–H and O–H groups in total. The third-order valence-corrected chi connectivity index (χ3v) is 1.22. The molecule has 0 aromatic carbocycles. The van der Waals surface area contributed by atoms with Gasteiger partial charge in [-0.2, -0.15) is 0 Å². The lowest BCUT2D eigenvalue weighted by Crippen LogP contribution is -1.74. The molecule has 4 nitrogen and oxygen atoms in total. The Morgan fingerprint density at radius 1 is 1.40 bits per heavy atom. The second kappa shape index (κ2) is 2.45. The van der Waals surface area contributed by atoms with Crippen molar-refractivity contribution in [2.24, 2.45) is 0 Å². The molecule has 2 rings (SSSR count). The number of rotatable bonds is 0. The van der Waals surface area contributed by atoms with Crippen LogP contribution in [0.2, 0.25) is 0 Å². The molecule has 0 fully saturated rings. The SMILES string of the molecule is N.c1ncc2[nH]ccc2n1. The van der Waals surface area contributed by atoms with Crippen molar-refractivity contribution in [1.29, 1.82) is 0 Å². The average molecular weight is 136 g/mol. The Balaban J connectivity index is 0.000000500. The zero-order chi connectivity index (χ0) is 6.10. The Hall–Kier alpha value is -1.42. The predicted octanol–water partition coefficient (Wildman–Crippen LogP) is 1.12. The van der Waals surface area contributed by atoms with Crippen LogP contribution in [0.15, 0.2) is 24.8 Å². The van der Waals surface area contributed by atoms with Crippen LogP contribution < -0.4 is 6.15 Å². The van der Waals surface area contributed by atoms with Crippen LogP contribution >= 0.6 is 0 Å². The second-order valence-electron chi connectivity index (χ2n) is 1.80. The van der Waals surface area contributed by atoms with Crippen molar-refractivity contribution >= 4 is 11.0 Å². The van der Waals surface area contributed by atoms with Crippen molar-refractivity contribution in [2.75, 3.05) is 0 Å². The van der Waals surface area contributed by atoms with Gasteiger partial charge in [-0.15, -0.1) is 0 Å². The summed E-state index contributed by atoms with van der Waals surface area (Å²) >= 11 is 0. The number of aromatic amines is 1. The summed E-state index contributed by atoms with van der Waals surface area (Å²) in [7, 11) is 0. The number of hydrogen-bond donors (Lipinski definition) is 2. The van der Waals surface area contributed by atoms with Gasteiger partial charge in [0.15, 0.2) is 0 Å². The standard InChI is InChI=1S/C6H5N3.H3N/c1-2-8-6-3-7-4-9-5(1)6;/h1-4,8H;1H3. The van der Waals surface area contributed by atoms with Crippen LogP contribution in [0.1, 0.15) is 0 Å². The van der Waals surface area contributed by atoms with Crippen molar-refractivity contribution < 1.29 is 0 Å². The first-order valence-electron chi connectivity index (χ1n) is 2.70. The molecule has 2 heterocycles. The normalized spacial score (nSPS) is 9.20. The maximum Gasteiger partial charge on any atom is 0.116 e. The molecule has 0 aliphatic carbocycles. The maximum absolute atomic E-state index is 4.00. The fourth-order valence-electron chi connectivity index (χ4n) is 0.793. The molecule has 0 unspecified atom stereocenters. The number of H-pyrrole nitrogens is 1. The zero-order valence-corrected chi connectivity index (χ0v) is 5.41.